The first-order chi connectivity index (χ1) is 11.2. The van der Waals surface area contributed by atoms with Gasteiger partial charge in [-0.15, -0.1) is 0 Å². The predicted molar refractivity (Wildman–Crippen MR) is 83.1 cm³/mol. The number of pyridine rings is 1. The molecule has 2 aliphatic rings. The monoisotopic (exact) mass is 319 g/mol. The Labute approximate surface area is 134 Å². The van der Waals surface area contributed by atoms with Crippen molar-refractivity contribution in [2.75, 3.05) is 39.4 Å². The Bertz CT molecular complexity index is 636. The fourth-order valence-corrected chi connectivity index (χ4v) is 3.17. The van der Waals surface area contributed by atoms with Gasteiger partial charge >= 0.3 is 0 Å². The highest BCUT2D eigenvalue weighted by molar-refractivity contribution is 5.94. The van der Waals surface area contributed by atoms with E-state index >= 15 is 0 Å². The van der Waals surface area contributed by atoms with Crippen LogP contribution in [0.4, 0.5) is 0 Å². The van der Waals surface area contributed by atoms with Crippen molar-refractivity contribution in [1.29, 1.82) is 0 Å². The molecular weight excluding hydrogens is 298 g/mol. The van der Waals surface area contributed by atoms with Crippen LogP contribution in [0.1, 0.15) is 23.2 Å². The summed E-state index contributed by atoms with van der Waals surface area (Å²) in [5.41, 5.74) is -0.258. The number of carbonyl (C=O) groups is 2. The largest absolute Gasteiger partial charge is 0.378 e. The Morgan fingerprint density at radius 2 is 1.96 bits per heavy atom. The minimum atomic E-state index is -0.390. The zero-order valence-corrected chi connectivity index (χ0v) is 13.0. The van der Waals surface area contributed by atoms with E-state index < -0.39 is 0 Å². The van der Waals surface area contributed by atoms with Gasteiger partial charge in [-0.3, -0.25) is 14.4 Å². The molecule has 1 atom stereocenters. The van der Waals surface area contributed by atoms with Gasteiger partial charge in [-0.25, -0.2) is 0 Å². The number of hydrogen-bond acceptors (Lipinski definition) is 4. The molecular formula is C16H21N3O4. The number of ether oxygens (including phenoxy) is 1. The Balaban J connectivity index is 1.68. The summed E-state index contributed by atoms with van der Waals surface area (Å²) < 4.78 is 5.27. The molecule has 3 rings (SSSR count). The number of hydrogen-bond donors (Lipinski definition) is 1. The van der Waals surface area contributed by atoms with Gasteiger partial charge in [0.1, 0.15) is 5.56 Å². The number of rotatable bonds is 2. The summed E-state index contributed by atoms with van der Waals surface area (Å²) in [5, 5.41) is 0. The molecule has 0 aromatic carbocycles. The summed E-state index contributed by atoms with van der Waals surface area (Å²) >= 11 is 0. The maximum atomic E-state index is 12.6. The number of piperidine rings is 1. The topological polar surface area (TPSA) is 82.7 Å². The van der Waals surface area contributed by atoms with Crippen LogP contribution >= 0.6 is 0 Å². The number of carbonyl (C=O) groups excluding carboxylic acids is 2. The van der Waals surface area contributed by atoms with Crippen molar-refractivity contribution in [1.82, 2.24) is 14.8 Å². The van der Waals surface area contributed by atoms with E-state index in [9.17, 15) is 14.4 Å². The van der Waals surface area contributed by atoms with Crippen LogP contribution in [0.2, 0.25) is 0 Å². The second-order valence-corrected chi connectivity index (χ2v) is 5.94. The summed E-state index contributed by atoms with van der Waals surface area (Å²) in [5.74, 6) is -0.396. The third-order valence-electron chi connectivity index (χ3n) is 4.43. The molecule has 0 radical (unpaired) electrons. The van der Waals surface area contributed by atoms with Crippen LogP contribution < -0.4 is 5.56 Å². The van der Waals surface area contributed by atoms with E-state index in [1.165, 1.54) is 12.3 Å². The van der Waals surface area contributed by atoms with Crippen molar-refractivity contribution in [2.24, 2.45) is 5.92 Å². The molecule has 1 aromatic heterocycles. The van der Waals surface area contributed by atoms with Gasteiger partial charge in [-0.1, -0.05) is 0 Å². The molecule has 0 unspecified atom stereocenters. The third kappa shape index (κ3) is 3.44. The predicted octanol–water partition coefficient (Wildman–Crippen LogP) is 0.0859. The standard InChI is InChI=1S/C16H21N3O4/c20-14-13(4-1-5-17-14)16(22)19-6-2-3-12(11-19)15(21)18-7-9-23-10-8-18/h1,4-5,12H,2-3,6-11H2,(H,17,20)/t12-/m0/s1. The van der Waals surface area contributed by atoms with E-state index in [1.54, 1.807) is 11.0 Å². The maximum Gasteiger partial charge on any atom is 0.260 e. The maximum absolute atomic E-state index is 12.6. The van der Waals surface area contributed by atoms with Gasteiger partial charge in [-0.2, -0.15) is 0 Å². The van der Waals surface area contributed by atoms with Crippen molar-refractivity contribution in [3.05, 3.63) is 34.2 Å². The quantitative estimate of drug-likeness (QED) is 0.837. The number of H-pyrrole nitrogens is 1. The number of nitrogens with one attached hydrogen (secondary N) is 1. The highest BCUT2D eigenvalue weighted by Crippen LogP contribution is 2.20. The number of likely N-dealkylation sites (tertiary alicyclic amines) is 1. The Kier molecular flexibility index (Phi) is 4.76. The minimum Gasteiger partial charge on any atom is -0.378 e. The summed E-state index contributed by atoms with van der Waals surface area (Å²) in [6.45, 7) is 3.33. The second kappa shape index (κ2) is 6.95. The Hall–Kier alpha value is -2.15. The fraction of sp³-hybridized carbons (Fsp3) is 0.562. The van der Waals surface area contributed by atoms with Gasteiger partial charge in [0.2, 0.25) is 5.91 Å². The number of aromatic amines is 1. The third-order valence-corrected chi connectivity index (χ3v) is 4.43. The van der Waals surface area contributed by atoms with E-state index in [1.807, 2.05) is 4.90 Å². The molecule has 1 N–H and O–H groups in total. The summed E-state index contributed by atoms with van der Waals surface area (Å²) in [4.78, 5) is 42.8. The lowest BCUT2D eigenvalue weighted by Gasteiger charge is -2.36. The van der Waals surface area contributed by atoms with Crippen molar-refractivity contribution >= 4 is 11.8 Å². The average Bonchev–Trinajstić information content (AvgIpc) is 2.62. The zero-order valence-electron chi connectivity index (χ0n) is 13.0. The van der Waals surface area contributed by atoms with Crippen LogP contribution in [-0.2, 0) is 9.53 Å². The molecule has 7 nitrogen and oxygen atoms in total. The normalized spacial score (nSPS) is 22.0. The van der Waals surface area contributed by atoms with E-state index in [0.29, 0.717) is 39.4 Å². The van der Waals surface area contributed by atoms with E-state index in [4.69, 9.17) is 4.74 Å². The highest BCUT2D eigenvalue weighted by Gasteiger charge is 2.32. The molecule has 3 heterocycles. The molecule has 2 aliphatic heterocycles. The van der Waals surface area contributed by atoms with Crippen LogP contribution in [0.5, 0.6) is 0 Å². The molecule has 2 fully saturated rings. The zero-order chi connectivity index (χ0) is 16.2. The van der Waals surface area contributed by atoms with Gasteiger partial charge in [0.05, 0.1) is 19.1 Å². The van der Waals surface area contributed by atoms with Crippen LogP contribution in [0.25, 0.3) is 0 Å². The minimum absolute atomic E-state index is 0.0905. The van der Waals surface area contributed by atoms with Crippen molar-refractivity contribution < 1.29 is 14.3 Å². The van der Waals surface area contributed by atoms with Gasteiger partial charge in [0.15, 0.2) is 0 Å². The smallest absolute Gasteiger partial charge is 0.260 e. The molecule has 0 aliphatic carbocycles. The second-order valence-electron chi connectivity index (χ2n) is 5.94. The van der Waals surface area contributed by atoms with Crippen LogP contribution in [0.15, 0.2) is 23.1 Å². The molecule has 0 bridgehead atoms. The molecule has 0 saturated carbocycles. The van der Waals surface area contributed by atoms with Gasteiger partial charge in [0, 0.05) is 32.4 Å². The molecule has 23 heavy (non-hydrogen) atoms. The molecule has 7 heteroatoms. The SMILES string of the molecule is O=C(c1ccc[nH]c1=O)N1CCC[C@H](C(=O)N2CCOCC2)C1. The van der Waals surface area contributed by atoms with E-state index in [2.05, 4.69) is 4.98 Å². The molecule has 2 saturated heterocycles. The lowest BCUT2D eigenvalue weighted by atomic mass is 9.95. The summed E-state index contributed by atoms with van der Waals surface area (Å²) in [6.07, 6.45) is 3.06. The van der Waals surface area contributed by atoms with Gasteiger partial charge < -0.3 is 19.5 Å². The Morgan fingerprint density at radius 1 is 1.17 bits per heavy atom. The van der Waals surface area contributed by atoms with Crippen molar-refractivity contribution in [2.45, 2.75) is 12.8 Å². The number of aromatic nitrogens is 1. The lowest BCUT2D eigenvalue weighted by molar-refractivity contribution is -0.141. The van der Waals surface area contributed by atoms with Crippen LogP contribution in [0.3, 0.4) is 0 Å². The number of amides is 2. The molecule has 0 spiro atoms. The average molecular weight is 319 g/mol. The number of morpholine rings is 1. The van der Waals surface area contributed by atoms with Gasteiger partial charge in [-0.05, 0) is 25.0 Å². The summed E-state index contributed by atoms with van der Waals surface area (Å²) in [6, 6.07) is 3.16. The van der Waals surface area contributed by atoms with Crippen LogP contribution in [-0.4, -0.2) is 66.0 Å². The summed E-state index contributed by atoms with van der Waals surface area (Å²) in [7, 11) is 0. The molecule has 1 aromatic rings. The van der Waals surface area contributed by atoms with E-state index in [0.717, 1.165) is 12.8 Å². The van der Waals surface area contributed by atoms with Crippen LogP contribution in [0, 0.1) is 5.92 Å². The van der Waals surface area contributed by atoms with E-state index in [-0.39, 0.29) is 28.9 Å². The first kappa shape index (κ1) is 15.7. The molecule has 2 amide bonds. The molecule has 124 valence electrons. The lowest BCUT2D eigenvalue weighted by Crippen LogP contribution is -2.50. The fourth-order valence-electron chi connectivity index (χ4n) is 3.17. The first-order valence-electron chi connectivity index (χ1n) is 8.00. The van der Waals surface area contributed by atoms with Crippen molar-refractivity contribution in [3.8, 4) is 0 Å². The Morgan fingerprint density at radius 3 is 2.70 bits per heavy atom. The highest BCUT2D eigenvalue weighted by atomic mass is 16.5. The first-order valence-corrected chi connectivity index (χ1v) is 8.00. The van der Waals surface area contributed by atoms with Gasteiger partial charge in [0.25, 0.3) is 11.5 Å². The van der Waals surface area contributed by atoms with Crippen molar-refractivity contribution in [3.63, 3.8) is 0 Å². The number of nitrogens with zero attached hydrogens (tertiary/aromatic N) is 2.